The molecule has 6 heteroatoms. The first kappa shape index (κ1) is 18.2. The van der Waals surface area contributed by atoms with Gasteiger partial charge in [0.15, 0.2) is 11.5 Å². The van der Waals surface area contributed by atoms with Crippen LogP contribution in [0.5, 0.6) is 0 Å². The van der Waals surface area contributed by atoms with Gasteiger partial charge in [-0.25, -0.2) is 9.18 Å². The standard InChI is InChI=1S/C18H26FN3O2/c1-2-3-4-5-6-7-8-9-10-22-13-14(12-20-22)16-11-15(19)17(21-16)18(23)24/h11-13,21H,2-10H2,1H3,(H,23,24). The van der Waals surface area contributed by atoms with E-state index in [2.05, 4.69) is 17.0 Å². The zero-order chi connectivity index (χ0) is 17.4. The average molecular weight is 335 g/mol. The number of carboxylic acids is 1. The minimum atomic E-state index is -1.30. The summed E-state index contributed by atoms with van der Waals surface area (Å²) < 4.78 is 15.3. The number of hydrogen-bond acceptors (Lipinski definition) is 2. The van der Waals surface area contributed by atoms with Crippen molar-refractivity contribution in [3.8, 4) is 11.3 Å². The molecule has 2 rings (SSSR count). The summed E-state index contributed by atoms with van der Waals surface area (Å²) in [6.45, 7) is 3.05. The zero-order valence-electron chi connectivity index (χ0n) is 14.2. The van der Waals surface area contributed by atoms with Gasteiger partial charge < -0.3 is 10.1 Å². The largest absolute Gasteiger partial charge is 0.476 e. The molecular formula is C18H26FN3O2. The summed E-state index contributed by atoms with van der Waals surface area (Å²) in [6.07, 6.45) is 13.5. The van der Waals surface area contributed by atoms with Crippen LogP contribution in [-0.2, 0) is 6.54 Å². The molecule has 2 aromatic heterocycles. The van der Waals surface area contributed by atoms with E-state index in [-0.39, 0.29) is 0 Å². The Bertz CT molecular complexity index is 648. The Balaban J connectivity index is 1.75. The van der Waals surface area contributed by atoms with Gasteiger partial charge in [-0.05, 0) is 6.42 Å². The highest BCUT2D eigenvalue weighted by atomic mass is 19.1. The van der Waals surface area contributed by atoms with Gasteiger partial charge in [0, 0.05) is 24.4 Å². The lowest BCUT2D eigenvalue weighted by Gasteiger charge is -2.02. The highest BCUT2D eigenvalue weighted by Gasteiger charge is 2.15. The third kappa shape index (κ3) is 5.22. The number of aromatic carboxylic acids is 1. The van der Waals surface area contributed by atoms with Gasteiger partial charge in [-0.15, -0.1) is 0 Å². The molecular weight excluding hydrogens is 309 g/mol. The highest BCUT2D eigenvalue weighted by molar-refractivity contribution is 5.87. The molecule has 2 N–H and O–H groups in total. The van der Waals surface area contributed by atoms with Crippen LogP contribution < -0.4 is 0 Å². The predicted molar refractivity (Wildman–Crippen MR) is 91.5 cm³/mol. The van der Waals surface area contributed by atoms with Gasteiger partial charge in [0.2, 0.25) is 0 Å². The Labute approximate surface area is 141 Å². The molecule has 0 atom stereocenters. The summed E-state index contributed by atoms with van der Waals surface area (Å²) in [6, 6.07) is 1.20. The number of nitrogens with one attached hydrogen (secondary N) is 1. The number of aromatic amines is 1. The molecule has 24 heavy (non-hydrogen) atoms. The second-order valence-electron chi connectivity index (χ2n) is 6.18. The fourth-order valence-electron chi connectivity index (χ4n) is 2.77. The lowest BCUT2D eigenvalue weighted by atomic mass is 10.1. The van der Waals surface area contributed by atoms with Crippen molar-refractivity contribution in [3.63, 3.8) is 0 Å². The Hall–Kier alpha value is -2.11. The number of aromatic nitrogens is 3. The van der Waals surface area contributed by atoms with Gasteiger partial charge >= 0.3 is 5.97 Å². The second kappa shape index (κ2) is 9.25. The SMILES string of the molecule is CCCCCCCCCCn1cc(-c2cc(F)c(C(=O)O)[nH]2)cn1. The number of aryl methyl sites for hydroxylation is 1. The van der Waals surface area contributed by atoms with E-state index in [9.17, 15) is 9.18 Å². The van der Waals surface area contributed by atoms with Crippen LogP contribution in [0.1, 0.15) is 68.8 Å². The van der Waals surface area contributed by atoms with Crippen molar-refractivity contribution in [1.82, 2.24) is 14.8 Å². The van der Waals surface area contributed by atoms with Crippen molar-refractivity contribution in [1.29, 1.82) is 0 Å². The third-order valence-corrected chi connectivity index (χ3v) is 4.17. The molecule has 0 aliphatic heterocycles. The lowest BCUT2D eigenvalue weighted by Crippen LogP contribution is -1.99. The first-order chi connectivity index (χ1) is 11.6. The molecule has 0 saturated heterocycles. The summed E-state index contributed by atoms with van der Waals surface area (Å²) in [5, 5.41) is 13.1. The fraction of sp³-hybridized carbons (Fsp3) is 0.556. The minimum absolute atomic E-state index is 0.416. The summed E-state index contributed by atoms with van der Waals surface area (Å²) >= 11 is 0. The van der Waals surface area contributed by atoms with E-state index >= 15 is 0 Å². The maximum absolute atomic E-state index is 13.5. The molecule has 0 unspecified atom stereocenters. The van der Waals surface area contributed by atoms with Crippen molar-refractivity contribution in [2.45, 2.75) is 64.8 Å². The van der Waals surface area contributed by atoms with E-state index in [0.717, 1.165) is 13.0 Å². The van der Waals surface area contributed by atoms with Crippen LogP contribution in [0.3, 0.4) is 0 Å². The molecule has 0 spiro atoms. The Kier molecular flexibility index (Phi) is 7.03. The zero-order valence-corrected chi connectivity index (χ0v) is 14.2. The van der Waals surface area contributed by atoms with Gasteiger partial charge in [-0.2, -0.15) is 5.10 Å². The number of nitrogens with zero attached hydrogens (tertiary/aromatic N) is 2. The molecule has 0 radical (unpaired) electrons. The number of hydrogen-bond donors (Lipinski definition) is 2. The Morgan fingerprint density at radius 3 is 2.50 bits per heavy atom. The van der Waals surface area contributed by atoms with Crippen LogP contribution in [0.4, 0.5) is 4.39 Å². The number of unbranched alkanes of at least 4 members (excludes halogenated alkanes) is 7. The van der Waals surface area contributed by atoms with Crippen LogP contribution in [0.2, 0.25) is 0 Å². The molecule has 0 aromatic carbocycles. The second-order valence-corrected chi connectivity index (χ2v) is 6.18. The maximum atomic E-state index is 13.5. The molecule has 0 aliphatic rings. The Morgan fingerprint density at radius 1 is 1.21 bits per heavy atom. The summed E-state index contributed by atoms with van der Waals surface area (Å²) in [5.74, 6) is -2.06. The highest BCUT2D eigenvalue weighted by Crippen LogP contribution is 2.21. The summed E-state index contributed by atoms with van der Waals surface area (Å²) in [7, 11) is 0. The van der Waals surface area contributed by atoms with Crippen molar-refractivity contribution in [3.05, 3.63) is 30.0 Å². The van der Waals surface area contributed by atoms with Crippen LogP contribution in [0, 0.1) is 5.82 Å². The van der Waals surface area contributed by atoms with E-state index in [1.54, 1.807) is 6.20 Å². The lowest BCUT2D eigenvalue weighted by molar-refractivity contribution is 0.0686. The molecule has 0 saturated carbocycles. The molecule has 132 valence electrons. The minimum Gasteiger partial charge on any atom is -0.476 e. The molecule has 2 heterocycles. The monoisotopic (exact) mass is 335 g/mol. The van der Waals surface area contributed by atoms with Crippen molar-refractivity contribution in [2.24, 2.45) is 0 Å². The van der Waals surface area contributed by atoms with Crippen LogP contribution in [-0.4, -0.2) is 25.8 Å². The number of H-pyrrole nitrogens is 1. The van der Waals surface area contributed by atoms with Crippen LogP contribution in [0.25, 0.3) is 11.3 Å². The molecule has 0 aliphatic carbocycles. The number of carboxylic acid groups (broad SMARTS) is 1. The van der Waals surface area contributed by atoms with E-state index in [4.69, 9.17) is 5.11 Å². The predicted octanol–water partition coefficient (Wildman–Crippen LogP) is 4.86. The summed E-state index contributed by atoms with van der Waals surface area (Å²) in [4.78, 5) is 13.4. The number of halogens is 1. The molecule has 5 nitrogen and oxygen atoms in total. The third-order valence-electron chi connectivity index (χ3n) is 4.17. The van der Waals surface area contributed by atoms with Crippen molar-refractivity contribution >= 4 is 5.97 Å². The van der Waals surface area contributed by atoms with Crippen LogP contribution >= 0.6 is 0 Å². The number of rotatable bonds is 11. The quantitative estimate of drug-likeness (QED) is 0.576. The Morgan fingerprint density at radius 2 is 1.88 bits per heavy atom. The van der Waals surface area contributed by atoms with Gasteiger partial charge in [0.25, 0.3) is 0 Å². The summed E-state index contributed by atoms with van der Waals surface area (Å²) in [5.41, 5.74) is 0.717. The van der Waals surface area contributed by atoms with E-state index < -0.39 is 17.5 Å². The first-order valence-corrected chi connectivity index (χ1v) is 8.76. The van der Waals surface area contributed by atoms with Crippen molar-refractivity contribution < 1.29 is 14.3 Å². The van der Waals surface area contributed by atoms with Crippen molar-refractivity contribution in [2.75, 3.05) is 0 Å². The number of carbonyl (C=O) groups is 1. The van der Waals surface area contributed by atoms with Crippen LogP contribution in [0.15, 0.2) is 18.5 Å². The molecule has 2 aromatic rings. The fourth-order valence-corrected chi connectivity index (χ4v) is 2.77. The topological polar surface area (TPSA) is 70.9 Å². The van der Waals surface area contributed by atoms with Gasteiger partial charge in [-0.3, -0.25) is 4.68 Å². The normalized spacial score (nSPS) is 11.1. The first-order valence-electron chi connectivity index (χ1n) is 8.76. The van der Waals surface area contributed by atoms with E-state index in [1.807, 2.05) is 10.9 Å². The average Bonchev–Trinajstić information content (AvgIpc) is 3.16. The molecule has 0 bridgehead atoms. The van der Waals surface area contributed by atoms with E-state index in [0.29, 0.717) is 11.3 Å². The molecule has 0 amide bonds. The maximum Gasteiger partial charge on any atom is 0.355 e. The van der Waals surface area contributed by atoms with Gasteiger partial charge in [-0.1, -0.05) is 51.9 Å². The van der Waals surface area contributed by atoms with E-state index in [1.165, 1.54) is 51.0 Å². The smallest absolute Gasteiger partial charge is 0.355 e. The molecule has 0 fully saturated rings. The van der Waals surface area contributed by atoms with Gasteiger partial charge in [0.05, 0.1) is 11.9 Å². The van der Waals surface area contributed by atoms with Gasteiger partial charge in [0.1, 0.15) is 0 Å².